The Hall–Kier alpha value is -3.15. The Labute approximate surface area is 260 Å². The van der Waals surface area contributed by atoms with Crippen molar-refractivity contribution in [2.24, 2.45) is 18.4 Å². The zero-order valence-electron chi connectivity index (χ0n) is 22.9. The maximum Gasteiger partial charge on any atom is 0.242 e. The van der Waals surface area contributed by atoms with Gasteiger partial charge >= 0.3 is 0 Å². The molecule has 1 aliphatic heterocycles. The third-order valence-electron chi connectivity index (χ3n) is 8.48. The number of anilines is 1. The highest BCUT2D eigenvalue weighted by Crippen LogP contribution is 2.57. The fraction of sp³-hybridized carbons (Fsp3) is 0.258. The number of phenolic OH excluding ortho intramolecular Hbond substituents is 1. The molecule has 3 unspecified atom stereocenters. The van der Waals surface area contributed by atoms with Crippen molar-refractivity contribution in [1.29, 1.82) is 0 Å². The van der Waals surface area contributed by atoms with E-state index in [1.807, 2.05) is 72.8 Å². The van der Waals surface area contributed by atoms with E-state index in [-0.39, 0.29) is 17.6 Å². The van der Waals surface area contributed by atoms with Gasteiger partial charge < -0.3 is 9.84 Å². The van der Waals surface area contributed by atoms with Crippen LogP contribution in [-0.2, 0) is 16.6 Å². The minimum atomic E-state index is -1.09. The second kappa shape index (κ2) is 9.99. The number of aryl methyl sites for hydroxylation is 2. The maximum absolute atomic E-state index is 14.5. The van der Waals surface area contributed by atoms with Gasteiger partial charge in [-0.3, -0.25) is 14.3 Å². The van der Waals surface area contributed by atoms with Crippen molar-refractivity contribution in [2.45, 2.75) is 26.2 Å². The molecule has 1 N–H and O–H groups in total. The predicted molar refractivity (Wildman–Crippen MR) is 171 cm³/mol. The van der Waals surface area contributed by atoms with Gasteiger partial charge in [0.1, 0.15) is 11.5 Å². The third kappa shape index (κ3) is 4.07. The lowest BCUT2D eigenvalue weighted by Crippen LogP contribution is -2.42. The summed E-state index contributed by atoms with van der Waals surface area (Å²) in [7, 11) is 3.24. The fourth-order valence-electron chi connectivity index (χ4n) is 6.38. The van der Waals surface area contributed by atoms with E-state index in [1.165, 1.54) is 12.0 Å². The Morgan fingerprint density at radius 2 is 2.02 bits per heavy atom. The van der Waals surface area contributed by atoms with Gasteiger partial charge in [-0.1, -0.05) is 30.3 Å². The summed E-state index contributed by atoms with van der Waals surface area (Å²) in [6.45, 7) is 7.90. The van der Waals surface area contributed by atoms with E-state index in [9.17, 15) is 14.7 Å². The molecule has 2 aromatic carbocycles. The van der Waals surface area contributed by atoms with Gasteiger partial charge in [0.05, 0.1) is 26.9 Å². The van der Waals surface area contributed by atoms with Crippen LogP contribution in [0.15, 0.2) is 60.7 Å². The number of allylic oxidation sites excluding steroid dienone is 3. The van der Waals surface area contributed by atoms with Gasteiger partial charge in [-0.2, -0.15) is 5.10 Å². The molecule has 0 spiro atoms. The average Bonchev–Trinajstić information content (AvgIpc) is 3.54. The quantitative estimate of drug-likeness (QED) is 0.174. The van der Waals surface area contributed by atoms with Crippen molar-refractivity contribution in [1.82, 2.24) is 9.78 Å². The van der Waals surface area contributed by atoms with E-state index >= 15 is 0 Å². The summed E-state index contributed by atoms with van der Waals surface area (Å²) in [4.78, 5) is 30.8. The van der Waals surface area contributed by atoms with Crippen LogP contribution in [0.25, 0.3) is 20.7 Å². The molecular formula is C31H27ClIN3O4S. The van der Waals surface area contributed by atoms with Gasteiger partial charge in [0.2, 0.25) is 11.8 Å². The molecule has 1 aliphatic carbocycles. The zero-order valence-corrected chi connectivity index (χ0v) is 26.6. The van der Waals surface area contributed by atoms with Gasteiger partial charge in [-0.05, 0) is 95.3 Å². The number of hydrogen-bond donors (Lipinski definition) is 1. The number of halogens is 2. The van der Waals surface area contributed by atoms with Gasteiger partial charge in [0.25, 0.3) is 0 Å². The number of ether oxygens (including phenoxy) is 1. The molecule has 3 atom stereocenters. The van der Waals surface area contributed by atoms with E-state index in [2.05, 4.69) is 6.58 Å². The smallest absolute Gasteiger partial charge is 0.242 e. The van der Waals surface area contributed by atoms with Crippen molar-refractivity contribution >= 4 is 73.2 Å². The van der Waals surface area contributed by atoms with Crippen LogP contribution in [0, 0.1) is 21.8 Å². The monoisotopic (exact) mass is 699 g/mol. The Morgan fingerprint density at radius 3 is 2.73 bits per heavy atom. The topological polar surface area (TPSA) is 84.7 Å². The first kappa shape index (κ1) is 28.0. The van der Waals surface area contributed by atoms with Crippen LogP contribution in [0.4, 0.5) is 5.82 Å². The number of phenols is 1. The molecule has 4 aromatic rings. The Morgan fingerprint density at radius 1 is 1.27 bits per heavy atom. The number of aromatic hydroxyl groups is 1. The molecule has 0 saturated carbocycles. The normalized spacial score (nSPS) is 22.3. The van der Waals surface area contributed by atoms with Crippen LogP contribution in [0.2, 0.25) is 5.02 Å². The van der Waals surface area contributed by atoms with Crippen LogP contribution in [-0.4, -0.2) is 33.8 Å². The number of rotatable bonds is 5. The number of aromatic nitrogens is 2. The molecule has 210 valence electrons. The number of benzene rings is 2. The second-order valence-electron chi connectivity index (χ2n) is 10.7. The first-order valence-electron chi connectivity index (χ1n) is 13.0. The molecule has 6 rings (SSSR count). The standard InChI is InChI=1S/C31H27ClIN3O4S/c1-6-16-7-9-20-29(38)36(30(39)31(20,3)26(16)17-11-21(33)27(37)23(12-17)40-5)25-14-22(34-35(25)4)28-15(2)19-13-18(32)8-10-24(19)41-28/h6-8,10-14,20,26,37H,1,9H2,2-5H3. The molecule has 10 heteroatoms. The largest absolute Gasteiger partial charge is 0.504 e. The number of fused-ring (bicyclic) bond motifs is 2. The molecular weight excluding hydrogens is 673 g/mol. The third-order valence-corrected chi connectivity index (χ3v) is 10.8. The van der Waals surface area contributed by atoms with Crippen LogP contribution < -0.4 is 9.64 Å². The summed E-state index contributed by atoms with van der Waals surface area (Å²) < 4.78 is 8.71. The summed E-state index contributed by atoms with van der Waals surface area (Å²) >= 11 is 9.90. The lowest BCUT2D eigenvalue weighted by molar-refractivity contribution is -0.127. The summed E-state index contributed by atoms with van der Waals surface area (Å²) in [5, 5.41) is 16.9. The van der Waals surface area contributed by atoms with Crippen molar-refractivity contribution in [3.8, 4) is 22.1 Å². The molecule has 2 aromatic heterocycles. The van der Waals surface area contributed by atoms with E-state index in [1.54, 1.807) is 35.2 Å². The summed E-state index contributed by atoms with van der Waals surface area (Å²) in [5.74, 6) is -0.810. The summed E-state index contributed by atoms with van der Waals surface area (Å²) in [6, 6.07) is 11.2. The second-order valence-corrected chi connectivity index (χ2v) is 13.3. The van der Waals surface area contributed by atoms with Crippen molar-refractivity contribution in [3.63, 3.8) is 0 Å². The van der Waals surface area contributed by atoms with E-state index in [0.717, 1.165) is 31.7 Å². The highest BCUT2D eigenvalue weighted by atomic mass is 127. The number of hydrogen-bond acceptors (Lipinski definition) is 6. The predicted octanol–water partition coefficient (Wildman–Crippen LogP) is 7.38. The Balaban J connectivity index is 1.46. The minimum absolute atomic E-state index is 0.0372. The van der Waals surface area contributed by atoms with E-state index < -0.39 is 17.3 Å². The highest BCUT2D eigenvalue weighted by molar-refractivity contribution is 14.1. The average molecular weight is 700 g/mol. The van der Waals surface area contributed by atoms with Gasteiger partial charge in [0.15, 0.2) is 11.5 Å². The minimum Gasteiger partial charge on any atom is -0.504 e. The number of thiophene rings is 1. The zero-order chi connectivity index (χ0) is 29.4. The molecule has 7 nitrogen and oxygen atoms in total. The van der Waals surface area contributed by atoms with Crippen molar-refractivity contribution in [3.05, 3.63) is 80.4 Å². The number of methoxy groups -OCH3 is 1. The maximum atomic E-state index is 14.5. The molecule has 2 amide bonds. The lowest BCUT2D eigenvalue weighted by Gasteiger charge is -2.40. The van der Waals surface area contributed by atoms with Crippen LogP contribution in [0.1, 0.15) is 30.4 Å². The molecule has 41 heavy (non-hydrogen) atoms. The summed E-state index contributed by atoms with van der Waals surface area (Å²) in [5.41, 5.74) is 2.29. The van der Waals surface area contributed by atoms with Crippen LogP contribution >= 0.6 is 45.5 Å². The molecule has 1 fully saturated rings. The Bertz CT molecular complexity index is 1830. The van der Waals surface area contributed by atoms with E-state index in [4.69, 9.17) is 21.4 Å². The molecule has 3 heterocycles. The van der Waals surface area contributed by atoms with E-state index in [0.29, 0.717) is 32.3 Å². The Kier molecular flexibility index (Phi) is 6.82. The van der Waals surface area contributed by atoms with Gasteiger partial charge in [-0.25, -0.2) is 4.90 Å². The van der Waals surface area contributed by atoms with Crippen molar-refractivity contribution < 1.29 is 19.4 Å². The number of carbonyl (C=O) groups excluding carboxylic acids is 2. The molecule has 0 radical (unpaired) electrons. The number of imide groups is 1. The first-order valence-corrected chi connectivity index (χ1v) is 15.3. The SMILES string of the molecule is C=CC1=CCC2C(=O)N(c3cc(-c4sc5ccc(Cl)cc5c4C)nn3C)C(=O)C2(C)C1c1cc(I)c(O)c(OC)c1. The lowest BCUT2D eigenvalue weighted by atomic mass is 9.60. The van der Waals surface area contributed by atoms with Gasteiger partial charge in [-0.15, -0.1) is 11.3 Å². The molecule has 2 aliphatic rings. The summed E-state index contributed by atoms with van der Waals surface area (Å²) in [6.07, 6.45) is 4.16. The fourth-order valence-corrected chi connectivity index (χ4v) is 8.32. The molecule has 0 bridgehead atoms. The van der Waals surface area contributed by atoms with Crippen LogP contribution in [0.3, 0.4) is 0 Å². The van der Waals surface area contributed by atoms with Gasteiger partial charge in [0, 0.05) is 28.8 Å². The van der Waals surface area contributed by atoms with Crippen molar-refractivity contribution in [2.75, 3.05) is 12.0 Å². The molecule has 1 saturated heterocycles. The first-order chi connectivity index (χ1) is 19.5. The highest BCUT2D eigenvalue weighted by Gasteiger charge is 2.62. The van der Waals surface area contributed by atoms with Crippen LogP contribution in [0.5, 0.6) is 11.5 Å². The number of amides is 2. The number of carbonyl (C=O) groups is 2. The number of nitrogens with zero attached hydrogens (tertiary/aromatic N) is 3.